The first-order valence-electron chi connectivity index (χ1n) is 5.96. The van der Waals surface area contributed by atoms with Crippen molar-refractivity contribution in [1.29, 1.82) is 0 Å². The number of nitrogens with zero attached hydrogens (tertiary/aromatic N) is 3. The third-order valence-corrected chi connectivity index (χ3v) is 3.03. The third-order valence-electron chi connectivity index (χ3n) is 3.03. The van der Waals surface area contributed by atoms with Crippen molar-refractivity contribution < 1.29 is 9.50 Å². The molecule has 0 bridgehead atoms. The number of halogens is 1. The van der Waals surface area contributed by atoms with Gasteiger partial charge in [-0.05, 0) is 31.2 Å². The van der Waals surface area contributed by atoms with Gasteiger partial charge in [0.25, 0.3) is 0 Å². The number of fused-ring (bicyclic) bond motifs is 1. The van der Waals surface area contributed by atoms with Gasteiger partial charge in [0.05, 0.1) is 17.3 Å². The van der Waals surface area contributed by atoms with Crippen LogP contribution in [0, 0.1) is 5.82 Å². The Morgan fingerprint density at radius 3 is 2.74 bits per heavy atom. The van der Waals surface area contributed by atoms with E-state index in [0.717, 1.165) is 11.0 Å². The van der Waals surface area contributed by atoms with Gasteiger partial charge in [0.1, 0.15) is 11.3 Å². The summed E-state index contributed by atoms with van der Waals surface area (Å²) in [6.45, 7) is 1.53. The maximum Gasteiger partial charge on any atom is 0.131 e. The molecular formula is C14H12FN3O. The Morgan fingerprint density at radius 1 is 1.16 bits per heavy atom. The van der Waals surface area contributed by atoms with Gasteiger partial charge in [-0.3, -0.25) is 0 Å². The summed E-state index contributed by atoms with van der Waals surface area (Å²) >= 11 is 0. The summed E-state index contributed by atoms with van der Waals surface area (Å²) in [5, 5.41) is 17.8. The van der Waals surface area contributed by atoms with E-state index < -0.39 is 11.9 Å². The van der Waals surface area contributed by atoms with E-state index in [0.29, 0.717) is 5.69 Å². The van der Waals surface area contributed by atoms with Crippen molar-refractivity contribution >= 4 is 11.0 Å². The molecule has 0 aliphatic heterocycles. The van der Waals surface area contributed by atoms with E-state index in [-0.39, 0.29) is 5.56 Å². The van der Waals surface area contributed by atoms with Crippen LogP contribution in [0.4, 0.5) is 4.39 Å². The summed E-state index contributed by atoms with van der Waals surface area (Å²) in [5.41, 5.74) is 2.22. The van der Waals surface area contributed by atoms with Crippen molar-refractivity contribution in [3.63, 3.8) is 0 Å². The third kappa shape index (κ3) is 1.88. The van der Waals surface area contributed by atoms with Gasteiger partial charge in [0.2, 0.25) is 0 Å². The molecule has 0 unspecified atom stereocenters. The van der Waals surface area contributed by atoms with E-state index >= 15 is 0 Å². The Bertz CT molecular complexity index is 736. The predicted octanol–water partition coefficient (Wildman–Crippen LogP) is 2.61. The van der Waals surface area contributed by atoms with Crippen molar-refractivity contribution in [1.82, 2.24) is 15.0 Å². The molecule has 3 rings (SSSR count). The molecule has 0 radical (unpaired) electrons. The highest BCUT2D eigenvalue weighted by atomic mass is 19.1. The lowest BCUT2D eigenvalue weighted by Crippen LogP contribution is -2.06. The zero-order valence-corrected chi connectivity index (χ0v) is 10.3. The molecule has 96 valence electrons. The normalized spacial score (nSPS) is 12.8. The molecule has 0 spiro atoms. The van der Waals surface area contributed by atoms with Gasteiger partial charge < -0.3 is 5.11 Å². The average molecular weight is 257 g/mol. The number of aliphatic hydroxyl groups excluding tert-OH is 1. The van der Waals surface area contributed by atoms with Crippen LogP contribution in [0.15, 0.2) is 42.5 Å². The minimum Gasteiger partial charge on any atom is -0.389 e. The van der Waals surface area contributed by atoms with Crippen LogP contribution < -0.4 is 0 Å². The molecule has 0 amide bonds. The summed E-state index contributed by atoms with van der Waals surface area (Å²) in [4.78, 5) is 0. The highest BCUT2D eigenvalue weighted by Crippen LogP contribution is 2.26. The number of aromatic nitrogens is 3. The average Bonchev–Trinajstić information content (AvgIpc) is 2.81. The fraction of sp³-hybridized carbons (Fsp3) is 0.143. The first kappa shape index (κ1) is 11.8. The number of hydrogen-bond acceptors (Lipinski definition) is 3. The second-order valence-electron chi connectivity index (χ2n) is 4.34. The van der Waals surface area contributed by atoms with Crippen molar-refractivity contribution in [3.05, 3.63) is 53.8 Å². The summed E-state index contributed by atoms with van der Waals surface area (Å²) in [6.07, 6.45) is -0.917. The lowest BCUT2D eigenvalue weighted by atomic mass is 10.1. The SMILES string of the molecule is C[C@@H](O)c1c(F)cccc1-n1nnc2ccccc21. The molecular weight excluding hydrogens is 245 g/mol. The first-order chi connectivity index (χ1) is 9.18. The highest BCUT2D eigenvalue weighted by Gasteiger charge is 2.17. The fourth-order valence-corrected chi connectivity index (χ4v) is 2.17. The fourth-order valence-electron chi connectivity index (χ4n) is 2.17. The van der Waals surface area contributed by atoms with E-state index in [2.05, 4.69) is 10.3 Å². The zero-order chi connectivity index (χ0) is 13.4. The number of rotatable bonds is 2. The maximum atomic E-state index is 13.9. The molecule has 2 aromatic carbocycles. The number of benzene rings is 2. The molecule has 1 heterocycles. The van der Waals surface area contributed by atoms with Crippen LogP contribution in [0.3, 0.4) is 0 Å². The molecule has 0 aliphatic carbocycles. The molecule has 3 aromatic rings. The van der Waals surface area contributed by atoms with Crippen LogP contribution in [0.25, 0.3) is 16.7 Å². The van der Waals surface area contributed by atoms with Gasteiger partial charge in [-0.15, -0.1) is 5.10 Å². The van der Waals surface area contributed by atoms with Crippen molar-refractivity contribution in [2.24, 2.45) is 0 Å². The number of aliphatic hydroxyl groups is 1. The number of para-hydroxylation sites is 1. The van der Waals surface area contributed by atoms with E-state index in [1.165, 1.54) is 13.0 Å². The Kier molecular flexibility index (Phi) is 2.76. The van der Waals surface area contributed by atoms with E-state index in [1.54, 1.807) is 16.8 Å². The van der Waals surface area contributed by atoms with Crippen molar-refractivity contribution in [3.8, 4) is 5.69 Å². The minimum absolute atomic E-state index is 0.221. The zero-order valence-electron chi connectivity index (χ0n) is 10.3. The quantitative estimate of drug-likeness (QED) is 0.767. The smallest absolute Gasteiger partial charge is 0.131 e. The van der Waals surface area contributed by atoms with Gasteiger partial charge in [0, 0.05) is 5.56 Å². The van der Waals surface area contributed by atoms with E-state index in [4.69, 9.17) is 0 Å². The first-order valence-corrected chi connectivity index (χ1v) is 5.96. The Hall–Kier alpha value is -2.27. The molecule has 0 saturated carbocycles. The molecule has 0 fully saturated rings. The van der Waals surface area contributed by atoms with Crippen LogP contribution >= 0.6 is 0 Å². The summed E-state index contributed by atoms with van der Waals surface area (Å²) in [7, 11) is 0. The van der Waals surface area contributed by atoms with Crippen LogP contribution in [0.1, 0.15) is 18.6 Å². The van der Waals surface area contributed by atoms with E-state index in [9.17, 15) is 9.50 Å². The topological polar surface area (TPSA) is 50.9 Å². The van der Waals surface area contributed by atoms with E-state index in [1.807, 2.05) is 24.3 Å². The van der Waals surface area contributed by atoms with Gasteiger partial charge in [-0.1, -0.05) is 23.4 Å². The van der Waals surface area contributed by atoms with Crippen LogP contribution in [0.2, 0.25) is 0 Å². The molecule has 1 atom stereocenters. The minimum atomic E-state index is -0.917. The summed E-state index contributed by atoms with van der Waals surface area (Å²) in [5.74, 6) is -0.452. The van der Waals surface area contributed by atoms with Gasteiger partial charge in [-0.25, -0.2) is 9.07 Å². The Balaban J connectivity index is 2.30. The van der Waals surface area contributed by atoms with Gasteiger partial charge >= 0.3 is 0 Å². The number of hydrogen-bond donors (Lipinski definition) is 1. The van der Waals surface area contributed by atoms with Crippen LogP contribution in [-0.2, 0) is 0 Å². The lowest BCUT2D eigenvalue weighted by Gasteiger charge is -2.13. The second kappa shape index (κ2) is 4.44. The standard InChI is InChI=1S/C14H12FN3O/c1-9(19)14-10(15)5-4-8-13(14)18-12-7-3-2-6-11(12)16-17-18/h2-9,19H,1H3/t9-/m1/s1. The molecule has 0 aliphatic rings. The van der Waals surface area contributed by atoms with Crippen LogP contribution in [-0.4, -0.2) is 20.1 Å². The Morgan fingerprint density at radius 2 is 1.95 bits per heavy atom. The summed E-state index contributed by atoms with van der Waals surface area (Å²) < 4.78 is 15.4. The highest BCUT2D eigenvalue weighted by molar-refractivity contribution is 5.76. The van der Waals surface area contributed by atoms with Gasteiger partial charge in [0.15, 0.2) is 0 Å². The summed E-state index contributed by atoms with van der Waals surface area (Å²) in [6, 6.07) is 12.0. The maximum absolute atomic E-state index is 13.9. The Labute approximate surface area is 109 Å². The molecule has 0 saturated heterocycles. The lowest BCUT2D eigenvalue weighted by molar-refractivity contribution is 0.194. The second-order valence-corrected chi connectivity index (χ2v) is 4.34. The van der Waals surface area contributed by atoms with Crippen molar-refractivity contribution in [2.75, 3.05) is 0 Å². The molecule has 5 heteroatoms. The van der Waals surface area contributed by atoms with Crippen molar-refractivity contribution in [2.45, 2.75) is 13.0 Å². The molecule has 4 nitrogen and oxygen atoms in total. The van der Waals surface area contributed by atoms with Crippen LogP contribution in [0.5, 0.6) is 0 Å². The molecule has 1 N–H and O–H groups in total. The monoisotopic (exact) mass is 257 g/mol. The predicted molar refractivity (Wildman–Crippen MR) is 69.5 cm³/mol. The molecule has 19 heavy (non-hydrogen) atoms. The van der Waals surface area contributed by atoms with Gasteiger partial charge in [-0.2, -0.15) is 0 Å². The largest absolute Gasteiger partial charge is 0.389 e. The molecule has 1 aromatic heterocycles.